The first-order valence-corrected chi connectivity index (χ1v) is 9.76. The predicted octanol–water partition coefficient (Wildman–Crippen LogP) is 3.27. The number of benzene rings is 2. The van der Waals surface area contributed by atoms with Crippen LogP contribution in [0.1, 0.15) is 12.5 Å². The summed E-state index contributed by atoms with van der Waals surface area (Å²) in [4.78, 5) is 32.0. The van der Waals surface area contributed by atoms with Crippen LogP contribution >= 0.6 is 11.8 Å². The minimum atomic E-state index is -0.398. The number of hydrogen-bond acceptors (Lipinski definition) is 5. The highest BCUT2D eigenvalue weighted by Gasteiger charge is 2.22. The van der Waals surface area contributed by atoms with Gasteiger partial charge in [-0.05, 0) is 43.7 Å². The number of rotatable bonds is 5. The third-order valence-electron chi connectivity index (χ3n) is 4.39. The van der Waals surface area contributed by atoms with Crippen LogP contribution < -0.4 is 10.3 Å². The van der Waals surface area contributed by atoms with E-state index in [4.69, 9.17) is 9.72 Å². The van der Waals surface area contributed by atoms with E-state index in [9.17, 15) is 9.59 Å². The van der Waals surface area contributed by atoms with Crippen LogP contribution in [0.4, 0.5) is 0 Å². The number of aryl methyl sites for hydroxylation is 1. The van der Waals surface area contributed by atoms with E-state index < -0.39 is 5.25 Å². The average Bonchev–Trinajstić information content (AvgIpc) is 2.67. The predicted molar refractivity (Wildman–Crippen MR) is 113 cm³/mol. The number of nitrogens with zero attached hydrogens (tertiary/aromatic N) is 3. The van der Waals surface area contributed by atoms with Crippen LogP contribution in [0, 0.1) is 6.92 Å². The zero-order chi connectivity index (χ0) is 20.4. The molecule has 0 aliphatic carbocycles. The maximum Gasteiger partial charge on any atom is 0.266 e. The van der Waals surface area contributed by atoms with Crippen LogP contribution in [0.3, 0.4) is 0 Å². The van der Waals surface area contributed by atoms with Crippen molar-refractivity contribution in [1.29, 1.82) is 0 Å². The summed E-state index contributed by atoms with van der Waals surface area (Å²) >= 11 is 1.26. The Hall–Kier alpha value is -2.80. The minimum absolute atomic E-state index is 0.0461. The lowest BCUT2D eigenvalue weighted by molar-refractivity contribution is -0.127. The molecule has 0 bridgehead atoms. The highest BCUT2D eigenvalue weighted by molar-refractivity contribution is 8.00. The lowest BCUT2D eigenvalue weighted by Gasteiger charge is -2.20. The fourth-order valence-electron chi connectivity index (χ4n) is 2.95. The Morgan fingerprint density at radius 2 is 1.93 bits per heavy atom. The van der Waals surface area contributed by atoms with Crippen molar-refractivity contribution in [3.05, 3.63) is 58.4 Å². The summed E-state index contributed by atoms with van der Waals surface area (Å²) in [6.45, 7) is 3.76. The minimum Gasteiger partial charge on any atom is -0.495 e. The molecule has 0 fully saturated rings. The molecule has 3 aromatic rings. The van der Waals surface area contributed by atoms with Gasteiger partial charge in [-0.25, -0.2) is 4.98 Å². The summed E-state index contributed by atoms with van der Waals surface area (Å²) in [6.07, 6.45) is 0. The molecule has 146 valence electrons. The molecule has 0 saturated carbocycles. The molecule has 1 aromatic heterocycles. The molecular formula is C21H23N3O3S. The molecule has 0 unspecified atom stereocenters. The average molecular weight is 398 g/mol. The lowest BCUT2D eigenvalue weighted by Crippen LogP contribution is -2.31. The molecule has 3 rings (SSSR count). The molecule has 0 N–H and O–H groups in total. The Morgan fingerprint density at radius 1 is 1.21 bits per heavy atom. The number of amides is 1. The number of para-hydroxylation sites is 1. The van der Waals surface area contributed by atoms with Gasteiger partial charge < -0.3 is 9.64 Å². The SMILES string of the molecule is COc1ccc(C)cc1-n1c(S[C@H](C)C(=O)N(C)C)nc2ccccc2c1=O. The molecule has 0 aliphatic rings. The Balaban J connectivity index is 2.28. The Bertz CT molecular complexity index is 1090. The normalized spacial score (nSPS) is 12.0. The monoisotopic (exact) mass is 397 g/mol. The van der Waals surface area contributed by atoms with E-state index in [2.05, 4.69) is 0 Å². The van der Waals surface area contributed by atoms with E-state index in [1.807, 2.05) is 44.2 Å². The van der Waals surface area contributed by atoms with Gasteiger partial charge in [-0.1, -0.05) is 30.0 Å². The highest BCUT2D eigenvalue weighted by atomic mass is 32.2. The zero-order valence-corrected chi connectivity index (χ0v) is 17.4. The molecule has 7 heteroatoms. The second-order valence-electron chi connectivity index (χ2n) is 6.72. The van der Waals surface area contributed by atoms with Gasteiger partial charge >= 0.3 is 0 Å². The van der Waals surface area contributed by atoms with Crippen molar-refractivity contribution in [3.8, 4) is 11.4 Å². The quantitative estimate of drug-likeness (QED) is 0.488. The number of aromatic nitrogens is 2. The molecule has 1 amide bonds. The summed E-state index contributed by atoms with van der Waals surface area (Å²) in [5.74, 6) is 0.522. The van der Waals surface area contributed by atoms with E-state index in [1.165, 1.54) is 21.2 Å². The number of carbonyl (C=O) groups is 1. The summed E-state index contributed by atoms with van der Waals surface area (Å²) < 4.78 is 7.04. The Labute approximate surface area is 168 Å². The van der Waals surface area contributed by atoms with Crippen molar-refractivity contribution < 1.29 is 9.53 Å². The van der Waals surface area contributed by atoms with Crippen LogP contribution in [0.15, 0.2) is 52.4 Å². The molecule has 1 heterocycles. The number of methoxy groups -OCH3 is 1. The molecule has 0 aliphatic heterocycles. The Kier molecular flexibility index (Phi) is 5.74. The van der Waals surface area contributed by atoms with Crippen molar-refractivity contribution in [2.24, 2.45) is 0 Å². The molecule has 6 nitrogen and oxygen atoms in total. The summed E-state index contributed by atoms with van der Waals surface area (Å²) in [5, 5.41) is 0.572. The lowest BCUT2D eigenvalue weighted by atomic mass is 10.2. The van der Waals surface area contributed by atoms with Crippen molar-refractivity contribution in [2.75, 3.05) is 21.2 Å². The van der Waals surface area contributed by atoms with E-state index in [0.717, 1.165) is 5.56 Å². The first kappa shape index (κ1) is 19.9. The largest absolute Gasteiger partial charge is 0.495 e. The smallest absolute Gasteiger partial charge is 0.266 e. The summed E-state index contributed by atoms with van der Waals surface area (Å²) in [7, 11) is 4.99. The van der Waals surface area contributed by atoms with Crippen LogP contribution in [0.25, 0.3) is 16.6 Å². The van der Waals surface area contributed by atoms with Crippen LogP contribution in [0.2, 0.25) is 0 Å². The van der Waals surface area contributed by atoms with Crippen molar-refractivity contribution >= 4 is 28.6 Å². The highest BCUT2D eigenvalue weighted by Crippen LogP contribution is 2.30. The first-order chi connectivity index (χ1) is 13.3. The van der Waals surface area contributed by atoms with Gasteiger partial charge in [0.2, 0.25) is 5.91 Å². The van der Waals surface area contributed by atoms with Crippen molar-refractivity contribution in [3.63, 3.8) is 0 Å². The van der Waals surface area contributed by atoms with Gasteiger partial charge in [0.25, 0.3) is 5.56 Å². The van der Waals surface area contributed by atoms with Gasteiger partial charge in [0.15, 0.2) is 5.16 Å². The van der Waals surface area contributed by atoms with Gasteiger partial charge in [0, 0.05) is 14.1 Å². The summed E-state index contributed by atoms with van der Waals surface area (Å²) in [6, 6.07) is 12.9. The second kappa shape index (κ2) is 8.06. The third-order valence-corrected chi connectivity index (χ3v) is 5.43. The van der Waals surface area contributed by atoms with Gasteiger partial charge in [-0.2, -0.15) is 0 Å². The number of carbonyl (C=O) groups excluding carboxylic acids is 1. The van der Waals surface area contributed by atoms with Gasteiger partial charge in [0.1, 0.15) is 5.75 Å². The van der Waals surface area contributed by atoms with Gasteiger partial charge in [-0.15, -0.1) is 0 Å². The van der Waals surface area contributed by atoms with Crippen molar-refractivity contribution in [2.45, 2.75) is 24.3 Å². The standard InChI is InChI=1S/C21H23N3O3S/c1-13-10-11-18(27-5)17(12-13)24-20(26)15-8-6-7-9-16(15)22-21(24)28-14(2)19(25)23(3)4/h6-12,14H,1-5H3/t14-/m1/s1. The van der Waals surface area contributed by atoms with Crippen LogP contribution in [0.5, 0.6) is 5.75 Å². The van der Waals surface area contributed by atoms with E-state index in [0.29, 0.717) is 27.5 Å². The third kappa shape index (κ3) is 3.75. The molecule has 28 heavy (non-hydrogen) atoms. The molecule has 0 radical (unpaired) electrons. The topological polar surface area (TPSA) is 64.4 Å². The van der Waals surface area contributed by atoms with Gasteiger partial charge in [-0.3, -0.25) is 14.2 Å². The van der Waals surface area contributed by atoms with E-state index >= 15 is 0 Å². The van der Waals surface area contributed by atoms with Crippen molar-refractivity contribution in [1.82, 2.24) is 14.5 Å². The maximum atomic E-state index is 13.4. The second-order valence-corrected chi connectivity index (χ2v) is 8.03. The number of hydrogen-bond donors (Lipinski definition) is 0. The number of thioether (sulfide) groups is 1. The molecule has 1 atom stereocenters. The molecular weight excluding hydrogens is 374 g/mol. The fourth-order valence-corrected chi connectivity index (χ4v) is 4.02. The van der Waals surface area contributed by atoms with E-state index in [-0.39, 0.29) is 11.5 Å². The molecule has 0 saturated heterocycles. The molecule has 2 aromatic carbocycles. The Morgan fingerprint density at radius 3 is 2.61 bits per heavy atom. The van der Waals surface area contributed by atoms with Crippen LogP contribution in [-0.2, 0) is 4.79 Å². The first-order valence-electron chi connectivity index (χ1n) is 8.88. The van der Waals surface area contributed by atoms with Crippen LogP contribution in [-0.4, -0.2) is 46.8 Å². The van der Waals surface area contributed by atoms with Gasteiger partial charge in [0.05, 0.1) is 29.0 Å². The summed E-state index contributed by atoms with van der Waals surface area (Å²) in [5.41, 5.74) is 2.01. The van der Waals surface area contributed by atoms with E-state index in [1.54, 1.807) is 33.3 Å². The zero-order valence-electron chi connectivity index (χ0n) is 16.6. The maximum absolute atomic E-state index is 13.4. The fraction of sp³-hybridized carbons (Fsp3) is 0.286. The molecule has 0 spiro atoms. The number of fused-ring (bicyclic) bond motifs is 1. The number of ether oxygens (including phenoxy) is 1.